The van der Waals surface area contributed by atoms with Crippen LogP contribution in [0.15, 0.2) is 85.1 Å². The van der Waals surface area contributed by atoms with Crippen LogP contribution in [-0.4, -0.2) is 99.6 Å². The molecule has 1 aliphatic rings. The second-order valence-electron chi connectivity index (χ2n) is 21.0. The van der Waals surface area contributed by atoms with Gasteiger partial charge in [0, 0.05) is 6.42 Å². The summed E-state index contributed by atoms with van der Waals surface area (Å²) < 4.78 is 17.6. The van der Waals surface area contributed by atoms with Crippen LogP contribution in [0.1, 0.15) is 252 Å². The lowest BCUT2D eigenvalue weighted by atomic mass is 9.99. The normalized spacial score (nSPS) is 19.7. The Bertz CT molecular complexity index is 1560. The number of nitrogens with one attached hydrogen (secondary N) is 1. The third-order valence-electron chi connectivity index (χ3n) is 14.0. The van der Waals surface area contributed by atoms with Crippen LogP contribution in [0.2, 0.25) is 0 Å². The zero-order valence-corrected chi connectivity index (χ0v) is 48.3. The van der Waals surface area contributed by atoms with E-state index in [1.165, 1.54) is 103 Å². The molecule has 0 bridgehead atoms. The number of aliphatic hydroxyl groups is 5. The number of ether oxygens (including phenoxy) is 3. The lowest BCUT2D eigenvalue weighted by Crippen LogP contribution is -2.61. The molecule has 1 aliphatic heterocycles. The maximum Gasteiger partial charge on any atom is 0.306 e. The van der Waals surface area contributed by atoms with Crippen molar-refractivity contribution in [1.82, 2.24) is 5.32 Å². The summed E-state index contributed by atoms with van der Waals surface area (Å²) >= 11 is 0. The van der Waals surface area contributed by atoms with Gasteiger partial charge in [-0.15, -0.1) is 0 Å². The molecule has 1 amide bonds. The van der Waals surface area contributed by atoms with Crippen LogP contribution in [0.25, 0.3) is 0 Å². The van der Waals surface area contributed by atoms with E-state index in [-0.39, 0.29) is 19.4 Å². The second-order valence-corrected chi connectivity index (χ2v) is 21.0. The first-order valence-electron chi connectivity index (χ1n) is 30.9. The molecule has 0 aromatic carbocycles. The highest BCUT2D eigenvalue weighted by Crippen LogP contribution is 2.26. The summed E-state index contributed by atoms with van der Waals surface area (Å²) in [6.45, 7) is 5.64. The predicted octanol–water partition coefficient (Wildman–Crippen LogP) is 14.6. The highest BCUT2D eigenvalue weighted by molar-refractivity contribution is 5.80. The van der Waals surface area contributed by atoms with Crippen LogP contribution < -0.4 is 5.32 Å². The molecule has 0 aliphatic carbocycles. The molecule has 1 rings (SSSR count). The van der Waals surface area contributed by atoms with Gasteiger partial charge in [-0.05, 0) is 96.3 Å². The summed E-state index contributed by atoms with van der Waals surface area (Å²) in [5.41, 5.74) is 0. The standard InChI is InChI=1S/C65H113NO10/c1-4-7-10-13-16-19-22-25-27-29-31-32-34-37-40-43-46-49-52-58(69)64(73)66-56(57(68)51-48-45-42-39-36-24-21-18-15-12-9-6-3)55-74-65-63(62(72)61(71)59(54-67)75-65)76-60(70)53-50-47-44-41-38-35-33-30-28-26-23-20-17-14-11-8-5-2/h7,10,16,19,25-28,31-32,37,40,48,51,56-59,61-63,65,67-69,71-72H,4-6,8-9,11-15,17-18,20-24,29-30,33-36,38-39,41-47,49-50,52-55H2,1-3H3,(H,66,73)/b10-7-,19-16-,27-25-,28-26+,32-31-,40-37-,51-48+. The quantitative estimate of drug-likeness (QED) is 0.0195. The number of unbranched alkanes of at least 4 members (excludes halogenated alkanes) is 25. The van der Waals surface area contributed by atoms with Gasteiger partial charge in [-0.25, -0.2) is 0 Å². The minimum atomic E-state index is -1.62. The molecule has 11 nitrogen and oxygen atoms in total. The van der Waals surface area contributed by atoms with Crippen molar-refractivity contribution >= 4 is 11.9 Å². The van der Waals surface area contributed by atoms with E-state index >= 15 is 0 Å². The molecule has 0 radical (unpaired) electrons. The molecule has 6 N–H and O–H groups in total. The zero-order chi connectivity index (χ0) is 55.4. The van der Waals surface area contributed by atoms with Crippen LogP contribution in [0.4, 0.5) is 0 Å². The molecule has 1 fully saturated rings. The Morgan fingerprint density at radius 1 is 0.526 bits per heavy atom. The fourth-order valence-corrected chi connectivity index (χ4v) is 9.14. The van der Waals surface area contributed by atoms with E-state index in [9.17, 15) is 35.1 Å². The number of allylic oxidation sites excluding steroid dienone is 13. The summed E-state index contributed by atoms with van der Waals surface area (Å²) in [7, 11) is 0. The topological polar surface area (TPSA) is 175 Å². The summed E-state index contributed by atoms with van der Waals surface area (Å²) in [6.07, 6.45) is 57.6. The Morgan fingerprint density at radius 3 is 1.43 bits per heavy atom. The molecule has 0 spiro atoms. The fraction of sp³-hybridized carbons (Fsp3) is 0.754. The molecule has 1 saturated heterocycles. The number of carbonyl (C=O) groups excluding carboxylic acids is 2. The van der Waals surface area contributed by atoms with Gasteiger partial charge in [0.05, 0.1) is 25.4 Å². The number of aliphatic hydroxyl groups excluding tert-OH is 5. The fourth-order valence-electron chi connectivity index (χ4n) is 9.14. The predicted molar refractivity (Wildman–Crippen MR) is 315 cm³/mol. The molecule has 0 aromatic rings. The molecular weight excluding hydrogens is 955 g/mol. The van der Waals surface area contributed by atoms with Crippen molar-refractivity contribution in [3.8, 4) is 0 Å². The first-order chi connectivity index (χ1) is 37.2. The lowest BCUT2D eigenvalue weighted by Gasteiger charge is -2.41. The molecule has 76 heavy (non-hydrogen) atoms. The Balaban J connectivity index is 2.72. The Labute approximate surface area is 463 Å². The molecule has 0 saturated carbocycles. The Hall–Kier alpha value is -3.16. The van der Waals surface area contributed by atoms with E-state index in [0.717, 1.165) is 103 Å². The SMILES string of the molecule is CC/C=C\C/C=C\C/C=C\C/C=C\C/C=C\CCCCC(O)C(=O)NC(COC1OC(CO)C(O)C(O)C1OC(=O)CCCCCCCCC/C=C/CCCCCCCC)C(O)/C=C/CCCCCCCCCCCC. The van der Waals surface area contributed by atoms with Gasteiger partial charge in [0.15, 0.2) is 12.4 Å². The number of hydrogen-bond acceptors (Lipinski definition) is 10. The van der Waals surface area contributed by atoms with Crippen molar-refractivity contribution in [1.29, 1.82) is 0 Å². The summed E-state index contributed by atoms with van der Waals surface area (Å²) in [4.78, 5) is 26.5. The van der Waals surface area contributed by atoms with E-state index in [2.05, 4.69) is 99.0 Å². The van der Waals surface area contributed by atoms with Crippen LogP contribution in [0.5, 0.6) is 0 Å². The average molecular weight is 1070 g/mol. The highest BCUT2D eigenvalue weighted by atomic mass is 16.7. The zero-order valence-electron chi connectivity index (χ0n) is 48.3. The van der Waals surface area contributed by atoms with Gasteiger partial charge in [-0.2, -0.15) is 0 Å². The van der Waals surface area contributed by atoms with E-state index in [1.807, 2.05) is 6.08 Å². The molecule has 438 valence electrons. The third-order valence-corrected chi connectivity index (χ3v) is 14.0. The van der Waals surface area contributed by atoms with E-state index in [0.29, 0.717) is 12.8 Å². The number of rotatable bonds is 51. The smallest absolute Gasteiger partial charge is 0.306 e. The van der Waals surface area contributed by atoms with Gasteiger partial charge in [0.1, 0.15) is 24.4 Å². The first-order valence-corrected chi connectivity index (χ1v) is 30.9. The Kier molecular flexibility index (Phi) is 49.0. The van der Waals surface area contributed by atoms with Gasteiger partial charge in [-0.3, -0.25) is 9.59 Å². The van der Waals surface area contributed by atoms with Crippen LogP contribution >= 0.6 is 0 Å². The van der Waals surface area contributed by atoms with Crippen LogP contribution in [-0.2, 0) is 23.8 Å². The summed E-state index contributed by atoms with van der Waals surface area (Å²) in [5.74, 6) is -1.24. The molecule has 8 atom stereocenters. The van der Waals surface area contributed by atoms with Crippen LogP contribution in [0.3, 0.4) is 0 Å². The maximum atomic E-state index is 13.4. The number of amides is 1. The van der Waals surface area contributed by atoms with Gasteiger partial charge >= 0.3 is 5.97 Å². The Morgan fingerprint density at radius 2 is 0.947 bits per heavy atom. The van der Waals surface area contributed by atoms with Crippen molar-refractivity contribution in [2.24, 2.45) is 0 Å². The van der Waals surface area contributed by atoms with Crippen molar-refractivity contribution in [2.45, 2.75) is 301 Å². The largest absolute Gasteiger partial charge is 0.454 e. The molecule has 11 heteroatoms. The van der Waals surface area contributed by atoms with E-state index in [4.69, 9.17) is 14.2 Å². The highest BCUT2D eigenvalue weighted by Gasteiger charge is 2.47. The second kappa shape index (κ2) is 52.5. The molecular formula is C65H113NO10. The van der Waals surface area contributed by atoms with Gasteiger partial charge in [0.25, 0.3) is 0 Å². The van der Waals surface area contributed by atoms with Gasteiger partial charge in [0.2, 0.25) is 5.91 Å². The van der Waals surface area contributed by atoms with Crippen molar-refractivity contribution < 1.29 is 49.3 Å². The van der Waals surface area contributed by atoms with Crippen molar-refractivity contribution in [2.75, 3.05) is 13.2 Å². The van der Waals surface area contributed by atoms with E-state index in [1.54, 1.807) is 6.08 Å². The van der Waals surface area contributed by atoms with Gasteiger partial charge in [-0.1, -0.05) is 234 Å². The summed E-state index contributed by atoms with van der Waals surface area (Å²) in [5, 5.41) is 56.9. The van der Waals surface area contributed by atoms with Crippen molar-refractivity contribution in [3.63, 3.8) is 0 Å². The monoisotopic (exact) mass is 1070 g/mol. The number of carbonyl (C=O) groups is 2. The number of esters is 1. The maximum absolute atomic E-state index is 13.4. The third kappa shape index (κ3) is 40.1. The average Bonchev–Trinajstić information content (AvgIpc) is 3.42. The van der Waals surface area contributed by atoms with Crippen LogP contribution in [0, 0.1) is 0 Å². The molecule has 8 unspecified atom stereocenters. The first kappa shape index (κ1) is 70.9. The molecule has 0 aromatic heterocycles. The van der Waals surface area contributed by atoms with Gasteiger partial charge < -0.3 is 45.1 Å². The minimum absolute atomic E-state index is 0.111. The van der Waals surface area contributed by atoms with Crippen molar-refractivity contribution in [3.05, 3.63) is 85.1 Å². The summed E-state index contributed by atoms with van der Waals surface area (Å²) in [6, 6.07) is -1.05. The number of hydrogen-bond donors (Lipinski definition) is 6. The van der Waals surface area contributed by atoms with E-state index < -0.39 is 67.4 Å². The molecule has 1 heterocycles. The lowest BCUT2D eigenvalue weighted by molar-refractivity contribution is -0.305. The minimum Gasteiger partial charge on any atom is -0.454 e.